The van der Waals surface area contributed by atoms with Crippen LogP contribution in [-0.4, -0.2) is 80.0 Å². The Bertz CT molecular complexity index is 1190. The number of Topliss-reactive ketones (excluding diaryl/α,β-unsaturated/α-hetero) is 1. The van der Waals surface area contributed by atoms with Gasteiger partial charge >= 0.3 is 6.18 Å². The van der Waals surface area contributed by atoms with Gasteiger partial charge in [-0.05, 0) is 37.7 Å². The Kier molecular flexibility index (Phi) is 7.86. The second kappa shape index (κ2) is 10.8. The molecule has 0 saturated heterocycles. The van der Waals surface area contributed by atoms with Gasteiger partial charge in [0.05, 0.1) is 31.0 Å². The van der Waals surface area contributed by atoms with E-state index in [0.717, 1.165) is 4.90 Å². The average Bonchev–Trinajstić information content (AvgIpc) is 2.96. The Labute approximate surface area is 215 Å². The molecule has 7 nitrogen and oxygen atoms in total. The number of carbonyl (C=O) groups excluding carboxylic acids is 2. The van der Waals surface area contributed by atoms with Crippen molar-refractivity contribution in [3.8, 4) is 0 Å². The maximum atomic E-state index is 14.7. The zero-order valence-electron chi connectivity index (χ0n) is 20.5. The number of halogens is 6. The Morgan fingerprint density at radius 3 is 2.66 bits per heavy atom. The molecule has 2 N–H and O–H groups in total. The molecule has 2 aromatic rings. The van der Waals surface area contributed by atoms with Crippen molar-refractivity contribution in [3.63, 3.8) is 0 Å². The molecule has 1 amide bonds. The minimum atomic E-state index is -4.34. The van der Waals surface area contributed by atoms with Crippen LogP contribution in [0.5, 0.6) is 0 Å². The maximum absolute atomic E-state index is 14.7. The lowest BCUT2D eigenvalue weighted by molar-refractivity contribution is -0.143. The zero-order valence-corrected chi connectivity index (χ0v) is 20.5. The summed E-state index contributed by atoms with van der Waals surface area (Å²) in [6.07, 6.45) is -2.49. The molecule has 38 heavy (non-hydrogen) atoms. The van der Waals surface area contributed by atoms with Gasteiger partial charge in [-0.2, -0.15) is 13.2 Å². The van der Waals surface area contributed by atoms with E-state index in [0.29, 0.717) is 16.8 Å². The van der Waals surface area contributed by atoms with Crippen LogP contribution in [0.2, 0.25) is 0 Å². The first kappa shape index (κ1) is 27.7. The van der Waals surface area contributed by atoms with Crippen LogP contribution in [0.3, 0.4) is 0 Å². The van der Waals surface area contributed by atoms with Crippen LogP contribution in [0.15, 0.2) is 30.5 Å². The third-order valence-corrected chi connectivity index (χ3v) is 6.44. The van der Waals surface area contributed by atoms with E-state index in [-0.39, 0.29) is 43.9 Å². The topological polar surface area (TPSA) is 77.6 Å². The number of alkyl halides is 5. The minimum absolute atomic E-state index is 0.0185. The highest BCUT2D eigenvalue weighted by molar-refractivity contribution is 6.15. The summed E-state index contributed by atoms with van der Waals surface area (Å²) in [7, 11) is 1.30. The number of amides is 1. The van der Waals surface area contributed by atoms with Gasteiger partial charge in [-0.1, -0.05) is 12.1 Å². The quantitative estimate of drug-likeness (QED) is 0.302. The summed E-state index contributed by atoms with van der Waals surface area (Å²) in [4.78, 5) is 32.6. The molecule has 0 radical (unpaired) electrons. The van der Waals surface area contributed by atoms with Crippen molar-refractivity contribution >= 4 is 23.1 Å². The van der Waals surface area contributed by atoms with Gasteiger partial charge in [0.15, 0.2) is 5.78 Å². The van der Waals surface area contributed by atoms with Crippen LogP contribution in [-0.2, 0) is 11.2 Å². The van der Waals surface area contributed by atoms with Crippen LogP contribution in [0.1, 0.15) is 28.0 Å². The number of pyridine rings is 1. The van der Waals surface area contributed by atoms with E-state index >= 15 is 0 Å². The number of anilines is 2. The van der Waals surface area contributed by atoms with E-state index in [2.05, 4.69) is 15.6 Å². The largest absolute Gasteiger partial charge is 0.401 e. The molecule has 3 heterocycles. The summed E-state index contributed by atoms with van der Waals surface area (Å²) in [5.41, 5.74) is 1.66. The third kappa shape index (κ3) is 6.55. The van der Waals surface area contributed by atoms with E-state index in [1.165, 1.54) is 30.3 Å². The van der Waals surface area contributed by atoms with Crippen molar-refractivity contribution in [1.82, 2.24) is 15.2 Å². The maximum Gasteiger partial charge on any atom is 0.401 e. The molecule has 13 heteroatoms. The number of rotatable bonds is 8. The predicted octanol–water partition coefficient (Wildman–Crippen LogP) is 3.49. The van der Waals surface area contributed by atoms with E-state index in [1.807, 2.05) is 0 Å². The molecule has 1 aromatic heterocycles. The molecule has 1 aromatic carbocycles. The second-order valence-electron chi connectivity index (χ2n) is 9.66. The molecule has 0 aliphatic carbocycles. The first-order chi connectivity index (χ1) is 17.8. The fourth-order valence-corrected chi connectivity index (χ4v) is 4.71. The normalized spacial score (nSPS) is 18.6. The van der Waals surface area contributed by atoms with Crippen LogP contribution in [0.4, 0.5) is 37.7 Å². The lowest BCUT2D eigenvalue weighted by Crippen LogP contribution is -2.50. The van der Waals surface area contributed by atoms with E-state index in [1.54, 1.807) is 12.1 Å². The minimum Gasteiger partial charge on any atom is -0.377 e. The highest BCUT2D eigenvalue weighted by atomic mass is 19.4. The number of nitrogens with one attached hydrogen (secondary N) is 2. The summed E-state index contributed by atoms with van der Waals surface area (Å²) in [6, 6.07) is 5.70. The number of hydrogen-bond donors (Lipinski definition) is 2. The number of carbonyl (C=O) groups is 2. The van der Waals surface area contributed by atoms with Gasteiger partial charge in [0.25, 0.3) is 5.92 Å². The molecule has 1 atom stereocenters. The number of aromatic nitrogens is 1. The lowest BCUT2D eigenvalue weighted by atomic mass is 9.91. The highest BCUT2D eigenvalue weighted by Crippen LogP contribution is 2.41. The summed E-state index contributed by atoms with van der Waals surface area (Å²) >= 11 is 0. The Morgan fingerprint density at radius 2 is 1.97 bits per heavy atom. The van der Waals surface area contributed by atoms with Crippen molar-refractivity contribution in [2.75, 3.05) is 56.5 Å². The van der Waals surface area contributed by atoms with Gasteiger partial charge in [-0.15, -0.1) is 0 Å². The summed E-state index contributed by atoms with van der Waals surface area (Å²) in [5.74, 6) is -6.20. The van der Waals surface area contributed by atoms with Gasteiger partial charge in [0, 0.05) is 31.3 Å². The predicted molar refractivity (Wildman–Crippen MR) is 128 cm³/mol. The molecular formula is C25H27F6N5O2. The van der Waals surface area contributed by atoms with Crippen molar-refractivity contribution in [1.29, 1.82) is 0 Å². The second-order valence-corrected chi connectivity index (χ2v) is 9.66. The molecule has 2 aliphatic heterocycles. The molecule has 0 fully saturated rings. The monoisotopic (exact) mass is 543 g/mol. The molecule has 0 saturated carbocycles. The molecule has 4 rings (SSSR count). The van der Waals surface area contributed by atoms with E-state index in [9.17, 15) is 35.9 Å². The first-order valence-electron chi connectivity index (χ1n) is 12.0. The van der Waals surface area contributed by atoms with Crippen LogP contribution < -0.4 is 15.5 Å². The molecule has 0 spiro atoms. The highest BCUT2D eigenvalue weighted by Gasteiger charge is 2.45. The lowest BCUT2D eigenvalue weighted by Gasteiger charge is -2.35. The molecule has 0 bridgehead atoms. The Balaban J connectivity index is 1.51. The van der Waals surface area contributed by atoms with Crippen molar-refractivity contribution < 1.29 is 35.9 Å². The van der Waals surface area contributed by atoms with Crippen LogP contribution >= 0.6 is 0 Å². The van der Waals surface area contributed by atoms with Gasteiger partial charge in [0.2, 0.25) is 5.91 Å². The zero-order chi connectivity index (χ0) is 27.7. The molecule has 1 unspecified atom stereocenters. The Morgan fingerprint density at radius 1 is 1.26 bits per heavy atom. The van der Waals surface area contributed by atoms with Crippen molar-refractivity contribution in [2.45, 2.75) is 24.9 Å². The molecular weight excluding hydrogens is 516 g/mol. The van der Waals surface area contributed by atoms with Gasteiger partial charge < -0.3 is 15.5 Å². The van der Waals surface area contributed by atoms with Crippen LogP contribution in [0, 0.1) is 11.7 Å². The fraction of sp³-hybridized carbons (Fsp3) is 0.480. The molecule has 206 valence electrons. The van der Waals surface area contributed by atoms with Gasteiger partial charge in [0.1, 0.15) is 17.4 Å². The number of benzene rings is 1. The first-order valence-corrected chi connectivity index (χ1v) is 12.0. The average molecular weight is 544 g/mol. The molecule has 2 aliphatic rings. The summed E-state index contributed by atoms with van der Waals surface area (Å²) in [6.45, 7) is -2.73. The summed E-state index contributed by atoms with van der Waals surface area (Å²) < 4.78 is 80.0. The number of nitrogens with zero attached hydrogens (tertiary/aromatic N) is 3. The number of ketones is 1. The van der Waals surface area contributed by atoms with Crippen LogP contribution in [0.25, 0.3) is 0 Å². The summed E-state index contributed by atoms with van der Waals surface area (Å²) in [5, 5.41) is 5.28. The van der Waals surface area contributed by atoms with Gasteiger partial charge in [-0.25, -0.2) is 13.2 Å². The third-order valence-electron chi connectivity index (χ3n) is 6.44. The standard InChI is InChI=1S/C25H27F6N5O2/c1-35(14-25(29,30)31)8-2-7-32-23(38)18-11-36-13-24(27,28)12-34-19-16(9-15-3-5-17(26)6-4-15)10-33-20(21(19)36)22(18)37/h3-6,10,18,34H,2,7-9,11-14H2,1H3,(H,32,38). The van der Waals surface area contributed by atoms with Gasteiger partial charge in [-0.3, -0.25) is 19.5 Å². The number of hydrogen-bond acceptors (Lipinski definition) is 6. The Hall–Kier alpha value is -3.35. The fourth-order valence-electron chi connectivity index (χ4n) is 4.71. The van der Waals surface area contributed by atoms with Crippen molar-refractivity contribution in [3.05, 3.63) is 53.1 Å². The SMILES string of the molecule is CN(CCCNC(=O)C1CN2CC(F)(F)CNc3c(Cc4ccc(F)cc4)cnc(c32)C1=O)CC(F)(F)F. The van der Waals surface area contributed by atoms with E-state index < -0.39 is 55.2 Å². The van der Waals surface area contributed by atoms with E-state index in [4.69, 9.17) is 0 Å². The van der Waals surface area contributed by atoms with Crippen molar-refractivity contribution in [2.24, 2.45) is 5.92 Å². The smallest absolute Gasteiger partial charge is 0.377 e.